The molecular formula is C19H20S. The van der Waals surface area contributed by atoms with Crippen molar-refractivity contribution in [3.8, 4) is 11.8 Å². The molecule has 0 radical (unpaired) electrons. The van der Waals surface area contributed by atoms with Crippen LogP contribution in [0.1, 0.15) is 46.6 Å². The second kappa shape index (κ2) is 5.46. The van der Waals surface area contributed by atoms with Gasteiger partial charge in [-0.25, -0.2) is 0 Å². The van der Waals surface area contributed by atoms with E-state index < -0.39 is 0 Å². The summed E-state index contributed by atoms with van der Waals surface area (Å²) in [5, 5.41) is 0. The van der Waals surface area contributed by atoms with Gasteiger partial charge in [-0.15, -0.1) is 11.3 Å². The van der Waals surface area contributed by atoms with Crippen molar-refractivity contribution in [2.45, 2.75) is 44.9 Å². The van der Waals surface area contributed by atoms with E-state index in [1.165, 1.54) is 46.6 Å². The molecule has 0 unspecified atom stereocenters. The first-order valence-electron chi connectivity index (χ1n) is 7.35. The Morgan fingerprint density at radius 2 is 1.75 bits per heavy atom. The molecule has 1 aromatic heterocycles. The van der Waals surface area contributed by atoms with Crippen LogP contribution in [-0.4, -0.2) is 0 Å². The Bertz CT molecular complexity index is 627. The predicted molar refractivity (Wildman–Crippen MR) is 87.3 cm³/mol. The molecule has 0 saturated heterocycles. The Morgan fingerprint density at radius 3 is 2.35 bits per heavy atom. The van der Waals surface area contributed by atoms with Gasteiger partial charge in [-0.05, 0) is 43.9 Å². The van der Waals surface area contributed by atoms with Crippen molar-refractivity contribution < 1.29 is 0 Å². The first kappa shape index (κ1) is 13.5. The third-order valence-corrected chi connectivity index (χ3v) is 5.44. The Hall–Kier alpha value is -1.52. The Balaban J connectivity index is 1.97. The monoisotopic (exact) mass is 280 g/mol. The first-order chi connectivity index (χ1) is 9.70. The molecule has 102 valence electrons. The van der Waals surface area contributed by atoms with Gasteiger partial charge in [0, 0.05) is 4.88 Å². The maximum absolute atomic E-state index is 3.63. The summed E-state index contributed by atoms with van der Waals surface area (Å²) in [6, 6.07) is 13.1. The van der Waals surface area contributed by atoms with Crippen LogP contribution in [0, 0.1) is 25.7 Å². The fourth-order valence-electron chi connectivity index (χ4n) is 3.04. The van der Waals surface area contributed by atoms with Crippen molar-refractivity contribution in [2.75, 3.05) is 0 Å². The quantitative estimate of drug-likeness (QED) is 0.628. The Kier molecular flexibility index (Phi) is 3.68. The highest BCUT2D eigenvalue weighted by molar-refractivity contribution is 7.12. The highest BCUT2D eigenvalue weighted by Gasteiger charge is 2.33. The lowest BCUT2D eigenvalue weighted by Gasteiger charge is -2.23. The Morgan fingerprint density at radius 1 is 1.05 bits per heavy atom. The van der Waals surface area contributed by atoms with Gasteiger partial charge in [0.15, 0.2) is 0 Å². The Labute approximate surface area is 125 Å². The third-order valence-electron chi connectivity index (χ3n) is 4.37. The van der Waals surface area contributed by atoms with Crippen LogP contribution in [0.2, 0.25) is 0 Å². The fourth-order valence-corrected chi connectivity index (χ4v) is 3.93. The molecule has 1 aromatic carbocycles. The van der Waals surface area contributed by atoms with Crippen molar-refractivity contribution >= 4 is 11.3 Å². The molecule has 0 atom stereocenters. The van der Waals surface area contributed by atoms with Crippen LogP contribution in [0.5, 0.6) is 0 Å². The molecular weight excluding hydrogens is 260 g/mol. The zero-order valence-corrected chi connectivity index (χ0v) is 13.0. The van der Waals surface area contributed by atoms with Gasteiger partial charge in [0.2, 0.25) is 0 Å². The molecule has 1 aliphatic carbocycles. The molecule has 2 aromatic rings. The average Bonchev–Trinajstić information content (AvgIpc) is 3.06. The van der Waals surface area contributed by atoms with Crippen LogP contribution in [0.25, 0.3) is 0 Å². The second-order valence-corrected chi connectivity index (χ2v) is 7.01. The molecule has 20 heavy (non-hydrogen) atoms. The highest BCUT2D eigenvalue weighted by atomic mass is 32.1. The normalized spacial score (nSPS) is 16.7. The molecule has 1 saturated carbocycles. The number of benzene rings is 1. The van der Waals surface area contributed by atoms with Gasteiger partial charge in [-0.3, -0.25) is 0 Å². The summed E-state index contributed by atoms with van der Waals surface area (Å²) in [6.45, 7) is 4.34. The van der Waals surface area contributed by atoms with Crippen molar-refractivity contribution in [1.82, 2.24) is 0 Å². The molecule has 1 heterocycles. The lowest BCUT2D eigenvalue weighted by atomic mass is 9.79. The number of rotatable bonds is 1. The van der Waals surface area contributed by atoms with Crippen molar-refractivity contribution in [1.29, 1.82) is 0 Å². The van der Waals surface area contributed by atoms with Gasteiger partial charge in [-0.2, -0.15) is 0 Å². The zero-order valence-electron chi connectivity index (χ0n) is 12.2. The summed E-state index contributed by atoms with van der Waals surface area (Å²) in [7, 11) is 0. The summed E-state index contributed by atoms with van der Waals surface area (Å²) < 4.78 is 0. The number of thiophene rings is 1. The van der Waals surface area contributed by atoms with E-state index in [-0.39, 0.29) is 5.41 Å². The number of hydrogen-bond donors (Lipinski definition) is 0. The number of aryl methyl sites for hydroxylation is 2. The lowest BCUT2D eigenvalue weighted by molar-refractivity contribution is 0.581. The van der Waals surface area contributed by atoms with Gasteiger partial charge in [0.25, 0.3) is 0 Å². The van der Waals surface area contributed by atoms with Crippen LogP contribution < -0.4 is 0 Å². The fraction of sp³-hybridized carbons (Fsp3) is 0.368. The summed E-state index contributed by atoms with van der Waals surface area (Å²) >= 11 is 1.82. The molecule has 0 nitrogen and oxygen atoms in total. The van der Waals surface area contributed by atoms with E-state index in [0.29, 0.717) is 0 Å². The van der Waals surface area contributed by atoms with Crippen LogP contribution >= 0.6 is 11.3 Å². The van der Waals surface area contributed by atoms with E-state index in [1.807, 2.05) is 11.3 Å². The predicted octanol–water partition coefficient (Wildman–Crippen LogP) is 5.23. The maximum Gasteiger partial charge on any atom is 0.0774 e. The van der Waals surface area contributed by atoms with Crippen LogP contribution in [-0.2, 0) is 5.41 Å². The van der Waals surface area contributed by atoms with E-state index in [9.17, 15) is 0 Å². The van der Waals surface area contributed by atoms with Gasteiger partial charge in [0.05, 0.1) is 10.3 Å². The largest absolute Gasteiger partial charge is 0.132 e. The SMILES string of the molecule is Cc1cc(C#CC2(c3ccccc3)CCCC2)sc1C. The average molecular weight is 280 g/mol. The molecule has 1 heteroatoms. The van der Waals surface area contributed by atoms with Crippen LogP contribution in [0.15, 0.2) is 36.4 Å². The van der Waals surface area contributed by atoms with Crippen LogP contribution in [0.4, 0.5) is 0 Å². The molecule has 0 bridgehead atoms. The minimum absolute atomic E-state index is 0.0903. The summed E-state index contributed by atoms with van der Waals surface area (Å²) in [6.07, 6.45) is 5.00. The van der Waals surface area contributed by atoms with Crippen molar-refractivity contribution in [3.05, 3.63) is 57.3 Å². The molecule has 0 spiro atoms. The second-order valence-electron chi connectivity index (χ2n) is 5.76. The smallest absolute Gasteiger partial charge is 0.0774 e. The standard InChI is InChI=1S/C19H20S/c1-15-14-18(20-16(15)2)10-13-19(11-6-7-12-19)17-8-4-3-5-9-17/h3-5,8-9,14H,6-7,11-12H2,1-2H3. The van der Waals surface area contributed by atoms with E-state index in [4.69, 9.17) is 0 Å². The first-order valence-corrected chi connectivity index (χ1v) is 8.17. The van der Waals surface area contributed by atoms with E-state index in [1.54, 1.807) is 0 Å². The highest BCUT2D eigenvalue weighted by Crippen LogP contribution is 2.40. The van der Waals surface area contributed by atoms with Crippen molar-refractivity contribution in [2.24, 2.45) is 0 Å². The molecule has 1 aliphatic rings. The summed E-state index contributed by atoms with van der Waals surface area (Å²) in [5.41, 5.74) is 2.85. The summed E-state index contributed by atoms with van der Waals surface area (Å²) in [4.78, 5) is 2.59. The van der Waals surface area contributed by atoms with Gasteiger partial charge in [-0.1, -0.05) is 55.0 Å². The van der Waals surface area contributed by atoms with Crippen molar-refractivity contribution in [3.63, 3.8) is 0 Å². The van der Waals surface area contributed by atoms with E-state index in [0.717, 1.165) is 0 Å². The minimum Gasteiger partial charge on any atom is -0.132 e. The topological polar surface area (TPSA) is 0 Å². The number of hydrogen-bond acceptors (Lipinski definition) is 1. The van der Waals surface area contributed by atoms with Gasteiger partial charge in [0.1, 0.15) is 0 Å². The maximum atomic E-state index is 3.63. The van der Waals surface area contributed by atoms with Gasteiger partial charge < -0.3 is 0 Å². The molecule has 0 aliphatic heterocycles. The van der Waals surface area contributed by atoms with Crippen LogP contribution in [0.3, 0.4) is 0 Å². The lowest BCUT2D eigenvalue weighted by Crippen LogP contribution is -2.19. The zero-order chi connectivity index (χ0) is 14.0. The molecule has 0 N–H and O–H groups in total. The van der Waals surface area contributed by atoms with Gasteiger partial charge >= 0.3 is 0 Å². The molecule has 3 rings (SSSR count). The summed E-state index contributed by atoms with van der Waals surface area (Å²) in [5.74, 6) is 7.08. The molecule has 1 fully saturated rings. The van der Waals surface area contributed by atoms with E-state index >= 15 is 0 Å². The third kappa shape index (κ3) is 2.53. The van der Waals surface area contributed by atoms with E-state index in [2.05, 4.69) is 62.1 Å². The molecule has 0 amide bonds. The minimum atomic E-state index is 0.0903.